The molecule has 0 saturated heterocycles. The van der Waals surface area contributed by atoms with E-state index in [0.717, 1.165) is 6.17 Å². The molecular weight excluding hydrogens is 148 g/mol. The lowest BCUT2D eigenvalue weighted by atomic mass is 9.98. The molecule has 1 heterocycles. The van der Waals surface area contributed by atoms with Crippen molar-refractivity contribution in [1.29, 1.82) is 0 Å². The van der Waals surface area contributed by atoms with Gasteiger partial charge in [-0.05, 0) is 12.8 Å². The van der Waals surface area contributed by atoms with Gasteiger partial charge in [-0.15, -0.1) is 0 Å². The molecule has 12 heavy (non-hydrogen) atoms. The molecular formula is C10H15N2+. The monoisotopic (exact) mass is 163 g/mol. The first-order valence-electron chi connectivity index (χ1n) is 4.90. The molecule has 2 aliphatic rings. The van der Waals surface area contributed by atoms with Gasteiger partial charge in [-0.1, -0.05) is 35.7 Å². The number of hydrogen-bond donors (Lipinski definition) is 0. The highest BCUT2D eigenvalue weighted by Gasteiger charge is 2.28. The first-order chi connectivity index (χ1) is 5.97. The van der Waals surface area contributed by atoms with E-state index >= 15 is 0 Å². The summed E-state index contributed by atoms with van der Waals surface area (Å²) in [4.78, 5) is 8.54. The van der Waals surface area contributed by atoms with Gasteiger partial charge in [0.15, 0.2) is 12.4 Å². The van der Waals surface area contributed by atoms with E-state index in [1.807, 2.05) is 0 Å². The summed E-state index contributed by atoms with van der Waals surface area (Å²) in [6.07, 6.45) is 12.8. The fourth-order valence-corrected chi connectivity index (χ4v) is 2.00. The van der Waals surface area contributed by atoms with Crippen LogP contribution in [-0.2, 0) is 0 Å². The summed E-state index contributed by atoms with van der Waals surface area (Å²) in [7, 11) is 0. The summed E-state index contributed by atoms with van der Waals surface area (Å²) in [6.45, 7) is 0. The summed E-state index contributed by atoms with van der Waals surface area (Å²) in [5.41, 5.74) is 0. The summed E-state index contributed by atoms with van der Waals surface area (Å²) >= 11 is 0. The predicted molar refractivity (Wildman–Crippen MR) is 51.4 cm³/mol. The Morgan fingerprint density at radius 1 is 0.917 bits per heavy atom. The van der Waals surface area contributed by atoms with Crippen molar-refractivity contribution in [3.63, 3.8) is 0 Å². The third-order valence-electron chi connectivity index (χ3n) is 2.70. The third-order valence-corrected chi connectivity index (χ3v) is 2.70. The normalized spacial score (nSPS) is 24.8. The van der Waals surface area contributed by atoms with Crippen molar-refractivity contribution in [2.75, 3.05) is 0 Å². The summed E-state index contributed by atoms with van der Waals surface area (Å²) in [5, 5.41) is 0. The van der Waals surface area contributed by atoms with Gasteiger partial charge in [0, 0.05) is 0 Å². The van der Waals surface area contributed by atoms with Gasteiger partial charge in [0.05, 0.1) is 5.92 Å². The molecule has 0 bridgehead atoms. The molecule has 64 valence electrons. The van der Waals surface area contributed by atoms with E-state index < -0.39 is 0 Å². The second-order valence-corrected chi connectivity index (χ2v) is 3.60. The van der Waals surface area contributed by atoms with Crippen molar-refractivity contribution in [2.45, 2.75) is 38.5 Å². The average Bonchev–Trinajstić information content (AvgIpc) is 2.48. The molecule has 1 saturated carbocycles. The first-order valence-corrected chi connectivity index (χ1v) is 4.90. The Kier molecular flexibility index (Phi) is 2.45. The zero-order valence-corrected chi connectivity index (χ0v) is 7.37. The van der Waals surface area contributed by atoms with E-state index in [1.165, 1.54) is 38.5 Å². The standard InChI is InChI=1S/C10H15N2/c1-2-4-6-9(5-3-1)10-11-7-8-12-10/h7-9H,1-6H2/q+1. The van der Waals surface area contributed by atoms with Crippen molar-refractivity contribution in [3.05, 3.63) is 6.17 Å². The Hall–Kier alpha value is -0.790. The molecule has 0 aromatic rings. The van der Waals surface area contributed by atoms with Crippen molar-refractivity contribution in [3.8, 4) is 0 Å². The molecule has 0 aromatic heterocycles. The van der Waals surface area contributed by atoms with Crippen LogP contribution in [-0.4, -0.2) is 12.4 Å². The molecule has 2 heteroatoms. The van der Waals surface area contributed by atoms with Gasteiger partial charge in [0.1, 0.15) is 0 Å². The number of rotatable bonds is 1. The topological polar surface area (TPSA) is 24.7 Å². The fraction of sp³-hybridized carbons (Fsp3) is 0.700. The van der Waals surface area contributed by atoms with Crippen LogP contribution in [0.25, 0.3) is 0 Å². The summed E-state index contributed by atoms with van der Waals surface area (Å²) in [5.74, 6) is 0.655. The van der Waals surface area contributed by atoms with Crippen LogP contribution in [0.1, 0.15) is 38.5 Å². The largest absolute Gasteiger partial charge is 0.243 e. The Balaban J connectivity index is 1.92. The number of hydrogen-bond acceptors (Lipinski definition) is 2. The van der Waals surface area contributed by atoms with Crippen molar-refractivity contribution < 1.29 is 0 Å². The fourth-order valence-electron chi connectivity index (χ4n) is 2.00. The number of aliphatic imine (C=N–C) groups is 2. The smallest absolute Gasteiger partial charge is 0.0965 e. The maximum Gasteiger partial charge on any atom is 0.243 e. The minimum atomic E-state index is 0.655. The highest BCUT2D eigenvalue weighted by atomic mass is 15.0. The van der Waals surface area contributed by atoms with Gasteiger partial charge < -0.3 is 0 Å². The summed E-state index contributed by atoms with van der Waals surface area (Å²) < 4.78 is 0. The molecule has 0 unspecified atom stereocenters. The maximum absolute atomic E-state index is 4.27. The van der Waals surface area contributed by atoms with Crippen LogP contribution in [0.3, 0.4) is 0 Å². The van der Waals surface area contributed by atoms with Gasteiger partial charge in [0.25, 0.3) is 0 Å². The first kappa shape index (κ1) is 7.84. The van der Waals surface area contributed by atoms with Gasteiger partial charge in [-0.3, -0.25) is 0 Å². The Morgan fingerprint density at radius 3 is 2.08 bits per heavy atom. The van der Waals surface area contributed by atoms with Crippen LogP contribution in [0.2, 0.25) is 0 Å². The van der Waals surface area contributed by atoms with Gasteiger partial charge in [-0.2, -0.15) is 0 Å². The third kappa shape index (κ3) is 1.68. The molecule has 1 fully saturated rings. The van der Waals surface area contributed by atoms with Crippen molar-refractivity contribution in [2.24, 2.45) is 15.9 Å². The van der Waals surface area contributed by atoms with E-state index in [9.17, 15) is 0 Å². The molecule has 0 aromatic carbocycles. The van der Waals surface area contributed by atoms with E-state index in [2.05, 4.69) is 9.98 Å². The molecule has 0 N–H and O–H groups in total. The summed E-state index contributed by atoms with van der Waals surface area (Å²) in [6, 6.07) is 0. The van der Waals surface area contributed by atoms with Gasteiger partial charge in [0.2, 0.25) is 6.17 Å². The minimum Gasteiger partial charge on any atom is -0.0965 e. The van der Waals surface area contributed by atoms with Gasteiger partial charge in [-0.25, -0.2) is 0 Å². The lowest BCUT2D eigenvalue weighted by Gasteiger charge is -2.09. The molecule has 0 amide bonds. The molecule has 0 atom stereocenters. The van der Waals surface area contributed by atoms with Crippen molar-refractivity contribution >= 4 is 12.4 Å². The zero-order chi connectivity index (χ0) is 8.23. The second kappa shape index (κ2) is 3.74. The van der Waals surface area contributed by atoms with E-state index in [-0.39, 0.29) is 0 Å². The lowest BCUT2D eigenvalue weighted by molar-refractivity contribution is 0.468. The van der Waals surface area contributed by atoms with Crippen molar-refractivity contribution in [1.82, 2.24) is 0 Å². The number of nitrogens with zero attached hydrogens (tertiary/aromatic N) is 2. The highest BCUT2D eigenvalue weighted by Crippen LogP contribution is 2.32. The van der Waals surface area contributed by atoms with E-state index in [4.69, 9.17) is 0 Å². The Morgan fingerprint density at radius 2 is 1.50 bits per heavy atom. The molecule has 1 aliphatic carbocycles. The SMILES string of the molecule is C1=N[C+](C2CCCCCC2)N=C1. The second-order valence-electron chi connectivity index (χ2n) is 3.60. The molecule has 0 radical (unpaired) electrons. The zero-order valence-electron chi connectivity index (χ0n) is 7.37. The van der Waals surface area contributed by atoms with Crippen LogP contribution in [0.4, 0.5) is 0 Å². The Labute approximate surface area is 73.8 Å². The Bertz CT molecular complexity index is 176. The van der Waals surface area contributed by atoms with Crippen LogP contribution in [0.5, 0.6) is 0 Å². The predicted octanol–water partition coefficient (Wildman–Crippen LogP) is 2.60. The minimum absolute atomic E-state index is 0.655. The van der Waals surface area contributed by atoms with Crippen LogP contribution >= 0.6 is 0 Å². The van der Waals surface area contributed by atoms with Crippen LogP contribution in [0, 0.1) is 12.1 Å². The molecule has 1 aliphatic heterocycles. The maximum atomic E-state index is 4.27. The average molecular weight is 163 g/mol. The molecule has 2 rings (SSSR count). The van der Waals surface area contributed by atoms with E-state index in [1.54, 1.807) is 12.4 Å². The van der Waals surface area contributed by atoms with Crippen LogP contribution < -0.4 is 0 Å². The molecule has 0 spiro atoms. The lowest BCUT2D eigenvalue weighted by Crippen LogP contribution is -2.05. The van der Waals surface area contributed by atoms with Crippen LogP contribution in [0.15, 0.2) is 9.98 Å². The quantitative estimate of drug-likeness (QED) is 0.419. The highest BCUT2D eigenvalue weighted by molar-refractivity contribution is 6.18. The van der Waals surface area contributed by atoms with E-state index in [0.29, 0.717) is 5.92 Å². The molecule has 2 nitrogen and oxygen atoms in total. The van der Waals surface area contributed by atoms with Gasteiger partial charge >= 0.3 is 0 Å².